The lowest BCUT2D eigenvalue weighted by Crippen LogP contribution is -2.57. The van der Waals surface area contributed by atoms with Crippen molar-refractivity contribution in [3.8, 4) is 0 Å². The zero-order chi connectivity index (χ0) is 29.1. The van der Waals surface area contributed by atoms with Crippen molar-refractivity contribution in [1.29, 1.82) is 0 Å². The number of rotatable bonds is 14. The van der Waals surface area contributed by atoms with Gasteiger partial charge in [0.1, 0.15) is 11.6 Å². The second-order valence-corrected chi connectivity index (χ2v) is 11.7. The number of nitrogens with zero attached hydrogens (tertiary/aromatic N) is 3. The van der Waals surface area contributed by atoms with Crippen LogP contribution < -0.4 is 4.90 Å². The number of anilines is 1. The van der Waals surface area contributed by atoms with E-state index in [1.807, 2.05) is 37.3 Å². The van der Waals surface area contributed by atoms with Crippen molar-refractivity contribution in [3.63, 3.8) is 0 Å². The molecule has 0 aliphatic carbocycles. The molecular weight excluding hydrogens is 506 g/mol. The number of amides is 3. The van der Waals surface area contributed by atoms with E-state index in [1.54, 1.807) is 26.9 Å². The summed E-state index contributed by atoms with van der Waals surface area (Å²) in [5.41, 5.74) is -1.26. The lowest BCUT2D eigenvalue weighted by molar-refractivity contribution is -0.152. The molecule has 3 amide bonds. The number of fused-ring (bicyclic) bond motifs is 1. The van der Waals surface area contributed by atoms with Crippen LogP contribution in [0, 0.1) is 17.8 Å². The SMILES string of the molecule is C=CCN(CCCC)C(=O)C1N(CCCCO)C(=O)[C@@H]2[C@@H](C(=O)N(CC=C)c3ccccc3)[C@]3(C)OC12CC3C. The minimum atomic E-state index is -1.09. The van der Waals surface area contributed by atoms with Crippen LogP contribution in [-0.2, 0) is 19.1 Å². The smallest absolute Gasteiger partial charge is 0.248 e. The Morgan fingerprint density at radius 1 is 1.12 bits per heavy atom. The van der Waals surface area contributed by atoms with Crippen LogP contribution in [0.5, 0.6) is 0 Å². The summed E-state index contributed by atoms with van der Waals surface area (Å²) in [7, 11) is 0. The number of aliphatic hydroxyl groups excluding tert-OH is 1. The van der Waals surface area contributed by atoms with Gasteiger partial charge in [0.05, 0.1) is 17.4 Å². The first kappa shape index (κ1) is 30.0. The number of benzene rings is 1. The summed E-state index contributed by atoms with van der Waals surface area (Å²) in [6, 6.07) is 8.58. The van der Waals surface area contributed by atoms with Gasteiger partial charge < -0.3 is 24.5 Å². The minimum Gasteiger partial charge on any atom is -0.396 e. The summed E-state index contributed by atoms with van der Waals surface area (Å²) >= 11 is 0. The molecule has 2 bridgehead atoms. The molecule has 40 heavy (non-hydrogen) atoms. The molecule has 3 aliphatic rings. The van der Waals surface area contributed by atoms with Crippen molar-refractivity contribution in [2.75, 3.05) is 37.7 Å². The number of carbonyl (C=O) groups excluding carboxylic acids is 3. The van der Waals surface area contributed by atoms with Gasteiger partial charge in [-0.1, -0.05) is 50.6 Å². The summed E-state index contributed by atoms with van der Waals surface area (Å²) in [6.07, 6.45) is 6.77. The van der Waals surface area contributed by atoms with Gasteiger partial charge in [-0.25, -0.2) is 0 Å². The average molecular weight is 552 g/mol. The van der Waals surface area contributed by atoms with Crippen LogP contribution >= 0.6 is 0 Å². The average Bonchev–Trinajstić information content (AvgIpc) is 3.46. The second kappa shape index (κ2) is 12.3. The Hall–Kier alpha value is -2.97. The molecule has 8 heteroatoms. The maximum absolute atomic E-state index is 14.5. The highest BCUT2D eigenvalue weighted by Gasteiger charge is 2.80. The lowest BCUT2D eigenvalue weighted by atomic mass is 9.62. The van der Waals surface area contributed by atoms with Gasteiger partial charge in [0, 0.05) is 38.5 Å². The molecular formula is C32H45N3O5. The van der Waals surface area contributed by atoms with Crippen LogP contribution in [0.4, 0.5) is 5.69 Å². The third-order valence-electron chi connectivity index (χ3n) is 9.21. The predicted molar refractivity (Wildman–Crippen MR) is 155 cm³/mol. The third kappa shape index (κ3) is 4.90. The molecule has 3 heterocycles. The fourth-order valence-corrected chi connectivity index (χ4v) is 7.23. The highest BCUT2D eigenvalue weighted by atomic mass is 16.5. The first-order valence-electron chi connectivity index (χ1n) is 14.7. The molecule has 3 aliphatic heterocycles. The van der Waals surface area contributed by atoms with Crippen molar-refractivity contribution in [3.05, 3.63) is 55.6 Å². The van der Waals surface area contributed by atoms with E-state index in [9.17, 15) is 19.5 Å². The molecule has 1 aromatic rings. The quantitative estimate of drug-likeness (QED) is 0.281. The van der Waals surface area contributed by atoms with E-state index in [0.29, 0.717) is 45.4 Å². The number of unbranched alkanes of at least 4 members (excludes halogenated alkanes) is 2. The van der Waals surface area contributed by atoms with Gasteiger partial charge in [-0.2, -0.15) is 0 Å². The Bertz CT molecular complexity index is 1110. The Morgan fingerprint density at radius 3 is 2.45 bits per heavy atom. The standard InChI is InChI=1S/C32H45N3O5/c1-6-9-19-33(17-7-2)30(39)27-32-22-23(4)31(5,40-32)25(26(32)29(38)35(27)20-13-14-21-36)28(37)34(18-8-3)24-15-11-10-12-16-24/h7-8,10-12,15-16,23,25-27,36H,2-3,6,9,13-14,17-22H2,1,4-5H3/t23?,25-,26-,27?,31+,32?/m0/s1. The molecule has 6 atom stereocenters. The first-order chi connectivity index (χ1) is 19.2. The van der Waals surface area contributed by atoms with Crippen LogP contribution in [0.25, 0.3) is 0 Å². The number of carbonyl (C=O) groups is 3. The van der Waals surface area contributed by atoms with E-state index >= 15 is 0 Å². The molecule has 0 saturated carbocycles. The number of para-hydroxylation sites is 1. The van der Waals surface area contributed by atoms with E-state index in [1.165, 1.54) is 0 Å². The molecule has 1 spiro atoms. The van der Waals surface area contributed by atoms with Crippen LogP contribution in [0.15, 0.2) is 55.6 Å². The molecule has 3 unspecified atom stereocenters. The lowest BCUT2D eigenvalue weighted by Gasteiger charge is -2.39. The number of hydrogen-bond donors (Lipinski definition) is 1. The normalized spacial score (nSPS) is 30.3. The molecule has 1 N–H and O–H groups in total. The van der Waals surface area contributed by atoms with Crippen molar-refractivity contribution in [1.82, 2.24) is 9.80 Å². The molecule has 4 rings (SSSR count). The molecule has 1 aromatic carbocycles. The number of aliphatic hydroxyl groups is 1. The van der Waals surface area contributed by atoms with Crippen molar-refractivity contribution in [2.45, 2.75) is 70.1 Å². The van der Waals surface area contributed by atoms with E-state index in [4.69, 9.17) is 4.74 Å². The first-order valence-corrected chi connectivity index (χ1v) is 14.7. The van der Waals surface area contributed by atoms with Crippen molar-refractivity contribution < 1.29 is 24.2 Å². The highest BCUT2D eigenvalue weighted by molar-refractivity contribution is 6.03. The van der Waals surface area contributed by atoms with Gasteiger partial charge in [0.2, 0.25) is 17.7 Å². The van der Waals surface area contributed by atoms with Crippen LogP contribution in [0.2, 0.25) is 0 Å². The Balaban J connectivity index is 1.79. The van der Waals surface area contributed by atoms with E-state index < -0.39 is 29.1 Å². The van der Waals surface area contributed by atoms with Crippen LogP contribution in [-0.4, -0.2) is 82.7 Å². The summed E-state index contributed by atoms with van der Waals surface area (Å²) in [6.45, 7) is 15.4. The van der Waals surface area contributed by atoms with E-state index in [2.05, 4.69) is 27.0 Å². The summed E-state index contributed by atoms with van der Waals surface area (Å²) in [4.78, 5) is 48.3. The van der Waals surface area contributed by atoms with E-state index in [-0.39, 0.29) is 30.2 Å². The van der Waals surface area contributed by atoms with Crippen molar-refractivity contribution >= 4 is 23.4 Å². The maximum Gasteiger partial charge on any atom is 0.248 e. The number of likely N-dealkylation sites (tertiary alicyclic amines) is 1. The molecule has 3 fully saturated rings. The molecule has 3 saturated heterocycles. The van der Waals surface area contributed by atoms with Gasteiger partial charge in [-0.3, -0.25) is 14.4 Å². The van der Waals surface area contributed by atoms with Gasteiger partial charge in [-0.15, -0.1) is 13.2 Å². The molecule has 218 valence electrons. The monoisotopic (exact) mass is 551 g/mol. The summed E-state index contributed by atoms with van der Waals surface area (Å²) < 4.78 is 6.90. The zero-order valence-electron chi connectivity index (χ0n) is 24.3. The second-order valence-electron chi connectivity index (χ2n) is 11.7. The molecule has 8 nitrogen and oxygen atoms in total. The van der Waals surface area contributed by atoms with E-state index in [0.717, 1.165) is 18.5 Å². The predicted octanol–water partition coefficient (Wildman–Crippen LogP) is 3.80. The van der Waals surface area contributed by atoms with Gasteiger partial charge in [-0.05, 0) is 50.7 Å². The highest BCUT2D eigenvalue weighted by Crippen LogP contribution is 2.65. The van der Waals surface area contributed by atoms with Crippen LogP contribution in [0.3, 0.4) is 0 Å². The Morgan fingerprint density at radius 2 is 1.82 bits per heavy atom. The van der Waals surface area contributed by atoms with Crippen LogP contribution in [0.1, 0.15) is 52.9 Å². The largest absolute Gasteiger partial charge is 0.396 e. The van der Waals surface area contributed by atoms with Gasteiger partial charge in [0.25, 0.3) is 0 Å². The molecule has 0 aromatic heterocycles. The summed E-state index contributed by atoms with van der Waals surface area (Å²) in [5.74, 6) is -2.09. The van der Waals surface area contributed by atoms with Gasteiger partial charge >= 0.3 is 0 Å². The summed E-state index contributed by atoms with van der Waals surface area (Å²) in [5, 5.41) is 9.43. The fourth-order valence-electron chi connectivity index (χ4n) is 7.23. The number of hydrogen-bond acceptors (Lipinski definition) is 5. The Kier molecular flexibility index (Phi) is 9.20. The Labute approximate surface area is 238 Å². The zero-order valence-corrected chi connectivity index (χ0v) is 24.3. The third-order valence-corrected chi connectivity index (χ3v) is 9.21. The minimum absolute atomic E-state index is 0.00854. The topological polar surface area (TPSA) is 90.4 Å². The molecule has 0 radical (unpaired) electrons. The van der Waals surface area contributed by atoms with Gasteiger partial charge in [0.15, 0.2) is 0 Å². The fraction of sp³-hybridized carbons (Fsp3) is 0.594. The van der Waals surface area contributed by atoms with Crippen molar-refractivity contribution in [2.24, 2.45) is 17.8 Å². The number of ether oxygens (including phenoxy) is 1. The maximum atomic E-state index is 14.5.